The Morgan fingerprint density at radius 1 is 1.41 bits per heavy atom. The average molecular weight is 316 g/mol. The summed E-state index contributed by atoms with van der Waals surface area (Å²) in [6.07, 6.45) is 4.62. The van der Waals surface area contributed by atoms with Crippen LogP contribution in [0.3, 0.4) is 0 Å². The first-order chi connectivity index (χ1) is 10.6. The Labute approximate surface area is 134 Å². The lowest BCUT2D eigenvalue weighted by molar-refractivity contribution is 0.0782. The Kier molecular flexibility index (Phi) is 4.20. The van der Waals surface area contributed by atoms with Crippen molar-refractivity contribution in [3.05, 3.63) is 41.3 Å². The molecule has 1 atom stereocenters. The Morgan fingerprint density at radius 2 is 2.23 bits per heavy atom. The molecule has 1 fully saturated rings. The van der Waals surface area contributed by atoms with E-state index in [-0.39, 0.29) is 11.9 Å². The van der Waals surface area contributed by atoms with E-state index in [1.165, 1.54) is 11.8 Å². The van der Waals surface area contributed by atoms with Crippen LogP contribution in [0.5, 0.6) is 0 Å². The second-order valence-corrected chi connectivity index (χ2v) is 6.42. The van der Waals surface area contributed by atoms with E-state index in [1.54, 1.807) is 6.20 Å². The highest BCUT2D eigenvalue weighted by Crippen LogP contribution is 2.26. The SMILES string of the molecule is CSc1ncccc1C(=O)N1CCC(n2nc(C)cc2C)C1. The maximum atomic E-state index is 12.7. The summed E-state index contributed by atoms with van der Waals surface area (Å²) in [5.41, 5.74) is 2.88. The molecule has 1 aliphatic heterocycles. The molecule has 0 bridgehead atoms. The molecule has 116 valence electrons. The summed E-state index contributed by atoms with van der Waals surface area (Å²) in [6.45, 7) is 5.55. The van der Waals surface area contributed by atoms with Gasteiger partial charge < -0.3 is 4.90 Å². The Hall–Kier alpha value is -1.82. The van der Waals surface area contributed by atoms with Crippen molar-refractivity contribution in [3.8, 4) is 0 Å². The van der Waals surface area contributed by atoms with Crippen molar-refractivity contribution in [2.75, 3.05) is 19.3 Å². The van der Waals surface area contributed by atoms with E-state index in [1.807, 2.05) is 30.2 Å². The second-order valence-electron chi connectivity index (χ2n) is 5.63. The second kappa shape index (κ2) is 6.12. The van der Waals surface area contributed by atoms with Crippen LogP contribution in [-0.4, -0.2) is 44.9 Å². The highest BCUT2D eigenvalue weighted by molar-refractivity contribution is 7.98. The molecule has 2 aromatic heterocycles. The summed E-state index contributed by atoms with van der Waals surface area (Å²) in [5, 5.41) is 5.35. The first kappa shape index (κ1) is 15.1. The van der Waals surface area contributed by atoms with E-state index in [0.29, 0.717) is 12.1 Å². The molecule has 3 heterocycles. The van der Waals surface area contributed by atoms with Gasteiger partial charge in [0.05, 0.1) is 17.3 Å². The van der Waals surface area contributed by atoms with Gasteiger partial charge in [-0.05, 0) is 44.7 Å². The van der Waals surface area contributed by atoms with Crippen LogP contribution < -0.4 is 0 Å². The number of carbonyl (C=O) groups is 1. The Morgan fingerprint density at radius 3 is 2.91 bits per heavy atom. The lowest BCUT2D eigenvalue weighted by atomic mass is 10.2. The van der Waals surface area contributed by atoms with E-state index < -0.39 is 0 Å². The normalized spacial score (nSPS) is 18.0. The third-order valence-corrected chi connectivity index (χ3v) is 4.75. The van der Waals surface area contributed by atoms with Gasteiger partial charge in [-0.25, -0.2) is 4.98 Å². The highest BCUT2D eigenvalue weighted by Gasteiger charge is 2.30. The summed E-state index contributed by atoms with van der Waals surface area (Å²) in [4.78, 5) is 18.9. The van der Waals surface area contributed by atoms with Crippen LogP contribution >= 0.6 is 11.8 Å². The maximum Gasteiger partial charge on any atom is 0.256 e. The minimum Gasteiger partial charge on any atom is -0.336 e. The smallest absolute Gasteiger partial charge is 0.256 e. The zero-order valence-corrected chi connectivity index (χ0v) is 13.9. The molecule has 0 radical (unpaired) electrons. The van der Waals surface area contributed by atoms with Gasteiger partial charge in [0.1, 0.15) is 5.03 Å². The standard InChI is InChI=1S/C16H20N4OS/c1-11-9-12(2)20(18-11)13-6-8-19(10-13)16(21)14-5-4-7-17-15(14)22-3/h4-5,7,9,13H,6,8,10H2,1-3H3. The summed E-state index contributed by atoms with van der Waals surface area (Å²) in [5.74, 6) is 0.0708. The van der Waals surface area contributed by atoms with Crippen LogP contribution in [0.25, 0.3) is 0 Å². The molecule has 1 saturated heterocycles. The van der Waals surface area contributed by atoms with Gasteiger partial charge in [0.2, 0.25) is 0 Å². The van der Waals surface area contributed by atoms with E-state index in [9.17, 15) is 4.79 Å². The van der Waals surface area contributed by atoms with Crippen LogP contribution in [0, 0.1) is 13.8 Å². The molecule has 0 saturated carbocycles. The van der Waals surface area contributed by atoms with Gasteiger partial charge in [-0.3, -0.25) is 9.48 Å². The molecule has 3 rings (SSSR count). The molecule has 0 N–H and O–H groups in total. The fourth-order valence-electron chi connectivity index (χ4n) is 3.03. The lowest BCUT2D eigenvalue weighted by Crippen LogP contribution is -2.30. The van der Waals surface area contributed by atoms with E-state index in [2.05, 4.69) is 27.8 Å². The molecule has 1 unspecified atom stereocenters. The molecule has 0 spiro atoms. The number of hydrogen-bond donors (Lipinski definition) is 0. The Bertz CT molecular complexity index is 697. The van der Waals surface area contributed by atoms with Gasteiger partial charge in [0.15, 0.2) is 0 Å². The summed E-state index contributed by atoms with van der Waals surface area (Å²) < 4.78 is 2.06. The van der Waals surface area contributed by atoms with Crippen LogP contribution in [0.4, 0.5) is 0 Å². The largest absolute Gasteiger partial charge is 0.336 e. The third-order valence-electron chi connectivity index (χ3n) is 4.04. The lowest BCUT2D eigenvalue weighted by Gasteiger charge is -2.18. The fourth-order valence-corrected chi connectivity index (χ4v) is 3.57. The number of aryl methyl sites for hydroxylation is 2. The number of carbonyl (C=O) groups excluding carboxylic acids is 1. The topological polar surface area (TPSA) is 51.0 Å². The van der Waals surface area contributed by atoms with Gasteiger partial charge >= 0.3 is 0 Å². The molecule has 1 aliphatic rings. The monoisotopic (exact) mass is 316 g/mol. The first-order valence-electron chi connectivity index (χ1n) is 7.41. The van der Waals surface area contributed by atoms with E-state index in [0.717, 1.165) is 29.4 Å². The number of rotatable bonds is 3. The Balaban J connectivity index is 1.77. The van der Waals surface area contributed by atoms with Crippen molar-refractivity contribution in [3.63, 3.8) is 0 Å². The number of aromatic nitrogens is 3. The van der Waals surface area contributed by atoms with Crippen molar-refractivity contribution < 1.29 is 4.79 Å². The number of pyridine rings is 1. The molecule has 22 heavy (non-hydrogen) atoms. The number of amides is 1. The van der Waals surface area contributed by atoms with Gasteiger partial charge in [-0.1, -0.05) is 0 Å². The average Bonchev–Trinajstić information content (AvgIpc) is 3.12. The maximum absolute atomic E-state index is 12.7. The number of hydrogen-bond acceptors (Lipinski definition) is 4. The molecule has 0 aromatic carbocycles. The first-order valence-corrected chi connectivity index (χ1v) is 8.63. The molecule has 2 aromatic rings. The molecule has 1 amide bonds. The van der Waals surface area contributed by atoms with Crippen molar-refractivity contribution in [2.24, 2.45) is 0 Å². The van der Waals surface area contributed by atoms with Gasteiger partial charge in [0, 0.05) is 25.0 Å². The summed E-state index contributed by atoms with van der Waals surface area (Å²) >= 11 is 1.51. The number of thioether (sulfide) groups is 1. The van der Waals surface area contributed by atoms with E-state index >= 15 is 0 Å². The number of nitrogens with zero attached hydrogens (tertiary/aromatic N) is 4. The molecular weight excluding hydrogens is 296 g/mol. The van der Waals surface area contributed by atoms with Crippen molar-refractivity contribution >= 4 is 17.7 Å². The van der Waals surface area contributed by atoms with Crippen LogP contribution in [0.2, 0.25) is 0 Å². The van der Waals surface area contributed by atoms with Crippen molar-refractivity contribution in [1.82, 2.24) is 19.7 Å². The van der Waals surface area contributed by atoms with Gasteiger partial charge in [-0.15, -0.1) is 11.8 Å². The quantitative estimate of drug-likeness (QED) is 0.817. The van der Waals surface area contributed by atoms with Crippen molar-refractivity contribution in [2.45, 2.75) is 31.3 Å². The number of likely N-dealkylation sites (tertiary alicyclic amines) is 1. The predicted octanol–water partition coefficient (Wildman–Crippen LogP) is 2.70. The third kappa shape index (κ3) is 2.75. The predicted molar refractivity (Wildman–Crippen MR) is 87.3 cm³/mol. The summed E-state index contributed by atoms with van der Waals surface area (Å²) in [6, 6.07) is 6.03. The van der Waals surface area contributed by atoms with Gasteiger partial charge in [-0.2, -0.15) is 5.10 Å². The van der Waals surface area contributed by atoms with Gasteiger partial charge in [0.25, 0.3) is 5.91 Å². The minimum absolute atomic E-state index is 0.0708. The molecule has 6 heteroatoms. The van der Waals surface area contributed by atoms with Crippen LogP contribution in [0.1, 0.15) is 34.2 Å². The molecule has 5 nitrogen and oxygen atoms in total. The fraction of sp³-hybridized carbons (Fsp3) is 0.438. The molecule has 0 aliphatic carbocycles. The minimum atomic E-state index is 0.0708. The van der Waals surface area contributed by atoms with Crippen LogP contribution in [-0.2, 0) is 0 Å². The zero-order valence-electron chi connectivity index (χ0n) is 13.1. The molecular formula is C16H20N4OS. The zero-order chi connectivity index (χ0) is 15.7. The summed E-state index contributed by atoms with van der Waals surface area (Å²) in [7, 11) is 0. The van der Waals surface area contributed by atoms with Crippen LogP contribution in [0.15, 0.2) is 29.4 Å². The van der Waals surface area contributed by atoms with E-state index in [4.69, 9.17) is 0 Å². The highest BCUT2D eigenvalue weighted by atomic mass is 32.2. The van der Waals surface area contributed by atoms with Crippen molar-refractivity contribution in [1.29, 1.82) is 0 Å².